The standard InChI is InChI=1S/C31H31F4N5O3/c32-25-15-21(10-11-24(25)31(33,34)35)38-30(42)29(37-13-14-40-17-23-16-22(40)18-43-23)20-8-5-19(6-9-20)7-12-28(41)39-27-4-2-1-3-26(27)36/h1-12,15,22-23,29,37H,13-14,16-18,36H2,(H,38,42)(H,39,41)/t22?,23?,29-/m0/s1. The molecule has 3 aromatic carbocycles. The molecule has 2 heterocycles. The number of morpholine rings is 1. The van der Waals surface area contributed by atoms with Crippen molar-refractivity contribution in [3.8, 4) is 0 Å². The first-order valence-electron chi connectivity index (χ1n) is 13.8. The van der Waals surface area contributed by atoms with Gasteiger partial charge in [-0.2, -0.15) is 13.2 Å². The van der Waals surface area contributed by atoms with Crippen LogP contribution in [0.5, 0.6) is 0 Å². The van der Waals surface area contributed by atoms with Gasteiger partial charge in [-0.15, -0.1) is 0 Å². The molecule has 12 heteroatoms. The van der Waals surface area contributed by atoms with Crippen molar-refractivity contribution in [1.82, 2.24) is 10.2 Å². The van der Waals surface area contributed by atoms with E-state index in [1.165, 1.54) is 6.08 Å². The van der Waals surface area contributed by atoms with Crippen LogP contribution in [-0.2, 0) is 20.5 Å². The van der Waals surface area contributed by atoms with E-state index in [1.807, 2.05) is 0 Å². The van der Waals surface area contributed by atoms with Gasteiger partial charge in [0, 0.05) is 37.4 Å². The highest BCUT2D eigenvalue weighted by molar-refractivity contribution is 6.03. The monoisotopic (exact) mass is 597 g/mol. The fraction of sp³-hybridized carbons (Fsp3) is 0.290. The molecule has 3 atom stereocenters. The summed E-state index contributed by atoms with van der Waals surface area (Å²) in [7, 11) is 0. The van der Waals surface area contributed by atoms with Crippen LogP contribution in [0, 0.1) is 5.82 Å². The average Bonchev–Trinajstić information content (AvgIpc) is 3.59. The van der Waals surface area contributed by atoms with Crippen molar-refractivity contribution < 1.29 is 31.9 Å². The summed E-state index contributed by atoms with van der Waals surface area (Å²) >= 11 is 0. The first kappa shape index (κ1) is 30.2. The Bertz CT molecular complexity index is 1500. The van der Waals surface area contributed by atoms with E-state index < -0.39 is 29.5 Å². The highest BCUT2D eigenvalue weighted by atomic mass is 19.4. The van der Waals surface area contributed by atoms with Crippen LogP contribution in [0.1, 0.15) is 29.2 Å². The second-order valence-electron chi connectivity index (χ2n) is 10.5. The van der Waals surface area contributed by atoms with Gasteiger partial charge in [0.25, 0.3) is 0 Å². The molecule has 5 N–H and O–H groups in total. The predicted molar refractivity (Wildman–Crippen MR) is 155 cm³/mol. The van der Waals surface area contributed by atoms with Gasteiger partial charge < -0.3 is 26.4 Å². The van der Waals surface area contributed by atoms with Gasteiger partial charge in [0.1, 0.15) is 11.9 Å². The van der Waals surface area contributed by atoms with Crippen LogP contribution in [0.15, 0.2) is 72.8 Å². The molecule has 2 saturated heterocycles. The van der Waals surface area contributed by atoms with E-state index in [-0.39, 0.29) is 17.7 Å². The van der Waals surface area contributed by atoms with Crippen molar-refractivity contribution in [1.29, 1.82) is 0 Å². The number of carbonyl (C=O) groups excluding carboxylic acids is 2. The Morgan fingerprint density at radius 2 is 1.84 bits per heavy atom. The molecule has 2 bridgehead atoms. The minimum Gasteiger partial charge on any atom is -0.397 e. The molecule has 2 aliphatic heterocycles. The summed E-state index contributed by atoms with van der Waals surface area (Å²) in [6.45, 7) is 2.62. The van der Waals surface area contributed by atoms with Crippen molar-refractivity contribution >= 4 is 35.0 Å². The van der Waals surface area contributed by atoms with Gasteiger partial charge in [0.15, 0.2) is 0 Å². The number of alkyl halides is 3. The maximum atomic E-state index is 14.1. The number of nitrogens with two attached hydrogens (primary N) is 1. The van der Waals surface area contributed by atoms with E-state index in [2.05, 4.69) is 20.9 Å². The van der Waals surface area contributed by atoms with Crippen molar-refractivity contribution in [2.45, 2.75) is 30.8 Å². The number of rotatable bonds is 10. The van der Waals surface area contributed by atoms with Crippen LogP contribution in [0.2, 0.25) is 0 Å². The fourth-order valence-corrected chi connectivity index (χ4v) is 5.26. The fourth-order valence-electron chi connectivity index (χ4n) is 5.26. The Labute approximate surface area is 245 Å². The maximum Gasteiger partial charge on any atom is 0.419 e. The molecule has 0 saturated carbocycles. The summed E-state index contributed by atoms with van der Waals surface area (Å²) in [5.74, 6) is -2.41. The van der Waals surface area contributed by atoms with E-state index in [1.54, 1.807) is 54.6 Å². The lowest BCUT2D eigenvalue weighted by Gasteiger charge is -2.27. The lowest BCUT2D eigenvalue weighted by Crippen LogP contribution is -2.43. The molecule has 0 aromatic heterocycles. The largest absolute Gasteiger partial charge is 0.419 e. The zero-order chi connectivity index (χ0) is 30.6. The number of nitrogens with one attached hydrogen (secondary N) is 3. The van der Waals surface area contributed by atoms with Crippen LogP contribution in [0.4, 0.5) is 34.6 Å². The molecule has 2 aliphatic rings. The molecule has 2 fully saturated rings. The molecule has 0 spiro atoms. The summed E-state index contributed by atoms with van der Waals surface area (Å²) in [4.78, 5) is 28.0. The zero-order valence-corrected chi connectivity index (χ0v) is 23.0. The van der Waals surface area contributed by atoms with Crippen molar-refractivity contribution in [3.63, 3.8) is 0 Å². The minimum atomic E-state index is -4.84. The van der Waals surface area contributed by atoms with E-state index in [9.17, 15) is 27.2 Å². The zero-order valence-electron chi connectivity index (χ0n) is 23.0. The number of ether oxygens (including phenoxy) is 1. The number of para-hydroxylation sites is 2. The molecular formula is C31H31F4N5O3. The maximum absolute atomic E-state index is 14.1. The van der Waals surface area contributed by atoms with Gasteiger partial charge in [-0.1, -0.05) is 36.4 Å². The van der Waals surface area contributed by atoms with E-state index in [0.29, 0.717) is 60.4 Å². The minimum absolute atomic E-state index is 0.0964. The predicted octanol–water partition coefficient (Wildman–Crippen LogP) is 4.82. The number of benzene rings is 3. The molecule has 8 nitrogen and oxygen atoms in total. The van der Waals surface area contributed by atoms with Crippen molar-refractivity contribution in [2.75, 3.05) is 42.6 Å². The van der Waals surface area contributed by atoms with Crippen molar-refractivity contribution in [2.24, 2.45) is 0 Å². The number of amides is 2. The number of hydrogen-bond acceptors (Lipinski definition) is 6. The Hall–Kier alpha value is -4.26. The lowest BCUT2D eigenvalue weighted by molar-refractivity contribution is -0.140. The molecule has 5 rings (SSSR count). The number of likely N-dealkylation sites (tertiary alicyclic amines) is 1. The summed E-state index contributed by atoms with van der Waals surface area (Å²) in [5.41, 5.74) is 6.56. The van der Waals surface area contributed by atoms with Gasteiger partial charge in [-0.05, 0) is 54.0 Å². The number of nitrogens with zero attached hydrogens (tertiary/aromatic N) is 1. The lowest BCUT2D eigenvalue weighted by atomic mass is 10.0. The summed E-state index contributed by atoms with van der Waals surface area (Å²) in [6, 6.07) is 15.5. The third-order valence-electron chi connectivity index (χ3n) is 7.48. The highest BCUT2D eigenvalue weighted by Gasteiger charge is 2.38. The van der Waals surface area contributed by atoms with E-state index in [4.69, 9.17) is 10.5 Å². The first-order chi connectivity index (χ1) is 20.6. The number of anilines is 3. The molecule has 0 aliphatic carbocycles. The smallest absolute Gasteiger partial charge is 0.397 e. The van der Waals surface area contributed by atoms with Crippen LogP contribution < -0.4 is 21.7 Å². The van der Waals surface area contributed by atoms with Gasteiger partial charge in [-0.25, -0.2) is 4.39 Å². The molecule has 2 unspecified atom stereocenters. The van der Waals surface area contributed by atoms with Gasteiger partial charge in [0.2, 0.25) is 11.8 Å². The molecule has 226 valence electrons. The average molecular weight is 598 g/mol. The number of fused-ring (bicyclic) bond motifs is 2. The van der Waals surface area contributed by atoms with Gasteiger partial charge in [-0.3, -0.25) is 14.5 Å². The Balaban J connectivity index is 1.27. The number of halogens is 4. The van der Waals surface area contributed by atoms with Crippen LogP contribution in [0.3, 0.4) is 0 Å². The van der Waals surface area contributed by atoms with E-state index in [0.717, 1.165) is 19.0 Å². The van der Waals surface area contributed by atoms with E-state index >= 15 is 0 Å². The Morgan fingerprint density at radius 3 is 2.49 bits per heavy atom. The summed E-state index contributed by atoms with van der Waals surface area (Å²) in [6.07, 6.45) is -0.670. The number of nitrogen functional groups attached to an aromatic ring is 1. The Morgan fingerprint density at radius 1 is 1.07 bits per heavy atom. The normalized spacial score (nSPS) is 19.1. The molecule has 2 amide bonds. The highest BCUT2D eigenvalue weighted by Crippen LogP contribution is 2.33. The van der Waals surface area contributed by atoms with Crippen LogP contribution >= 0.6 is 0 Å². The van der Waals surface area contributed by atoms with Gasteiger partial charge >= 0.3 is 6.18 Å². The summed E-state index contributed by atoms with van der Waals surface area (Å²) in [5, 5.41) is 8.47. The van der Waals surface area contributed by atoms with Crippen LogP contribution in [0.25, 0.3) is 6.08 Å². The SMILES string of the molecule is Nc1ccccc1NC(=O)C=Cc1ccc([C@H](NCCN2CC3CC2CO3)C(=O)Nc2ccc(C(F)(F)F)c(F)c2)cc1. The second kappa shape index (κ2) is 12.9. The quantitative estimate of drug-likeness (QED) is 0.152. The second-order valence-corrected chi connectivity index (χ2v) is 10.5. The third-order valence-corrected chi connectivity index (χ3v) is 7.48. The van der Waals surface area contributed by atoms with Crippen molar-refractivity contribution in [3.05, 3.63) is 95.3 Å². The van der Waals surface area contributed by atoms with Crippen LogP contribution in [-0.4, -0.2) is 55.1 Å². The summed E-state index contributed by atoms with van der Waals surface area (Å²) < 4.78 is 58.7. The topological polar surface area (TPSA) is 109 Å². The molecule has 0 radical (unpaired) electrons. The molecule has 3 aromatic rings. The molecule has 43 heavy (non-hydrogen) atoms. The number of carbonyl (C=O) groups is 2. The number of hydrogen-bond donors (Lipinski definition) is 4. The Kier molecular flexibility index (Phi) is 9.09. The third kappa shape index (κ3) is 7.58. The van der Waals surface area contributed by atoms with Gasteiger partial charge in [0.05, 0.1) is 29.6 Å². The molecular weight excluding hydrogens is 566 g/mol. The first-order valence-corrected chi connectivity index (χ1v) is 13.8.